The van der Waals surface area contributed by atoms with Gasteiger partial charge in [-0.3, -0.25) is 0 Å². The molecule has 0 aromatic rings. The van der Waals surface area contributed by atoms with Crippen molar-refractivity contribution in [1.29, 1.82) is 0 Å². The molecule has 0 atom stereocenters. The first-order valence-electron chi connectivity index (χ1n) is 6.67. The number of hydrogen-bond donors (Lipinski definition) is 0. The zero-order valence-electron chi connectivity index (χ0n) is 12.4. The van der Waals surface area contributed by atoms with Gasteiger partial charge in [-0.2, -0.15) is 0 Å². The van der Waals surface area contributed by atoms with Crippen molar-refractivity contribution in [3.8, 4) is 0 Å². The number of rotatable bonds is 6. The van der Waals surface area contributed by atoms with Crippen LogP contribution in [0.2, 0.25) is 15.8 Å². The first-order chi connectivity index (χ1) is 7.91. The Morgan fingerprint density at radius 3 is 0.944 bits per heavy atom. The predicted octanol–water partition coefficient (Wildman–Crippen LogP) is 7.00. The van der Waals surface area contributed by atoms with Crippen molar-refractivity contribution in [2.24, 2.45) is 17.8 Å². The van der Waals surface area contributed by atoms with Crippen LogP contribution < -0.4 is 0 Å². The van der Waals surface area contributed by atoms with E-state index in [0.717, 1.165) is 17.8 Å². The van der Waals surface area contributed by atoms with Crippen LogP contribution >= 0.6 is 46.4 Å². The molecule has 0 spiro atoms. The van der Waals surface area contributed by atoms with Crippen LogP contribution in [0.25, 0.3) is 0 Å². The fraction of sp³-hybridized carbons (Fsp3) is 1.00. The molecule has 0 unspecified atom stereocenters. The Labute approximate surface area is 138 Å². The maximum absolute atomic E-state index is 4.83. The van der Waals surface area contributed by atoms with Gasteiger partial charge in [-0.1, -0.05) is 122 Å². The molecule has 0 nitrogen and oxygen atoms in total. The first kappa shape index (κ1) is 22.0. The van der Waals surface area contributed by atoms with E-state index in [2.05, 4.69) is 41.5 Å². The fourth-order valence-electron chi connectivity index (χ4n) is 2.29. The van der Waals surface area contributed by atoms with Gasteiger partial charge in [0.2, 0.25) is 0 Å². The second-order valence-corrected chi connectivity index (χ2v) is 12.8. The maximum atomic E-state index is 4.83. The Balaban J connectivity index is 0. The van der Waals surface area contributed by atoms with Crippen LogP contribution in [0, 0.1) is 17.8 Å². The minimum atomic E-state index is -1.61. The van der Waals surface area contributed by atoms with E-state index in [-0.39, 0.29) is 0 Å². The van der Waals surface area contributed by atoms with Crippen molar-refractivity contribution in [2.45, 2.75) is 60.6 Å². The lowest BCUT2D eigenvalue weighted by atomic mass is 10.2. The van der Waals surface area contributed by atoms with Crippen LogP contribution in [-0.2, 0) is 0 Å². The Morgan fingerprint density at radius 1 is 0.667 bits per heavy atom. The highest BCUT2D eigenvalue weighted by atomic mass is 35.6. The van der Waals surface area contributed by atoms with E-state index in [1.54, 1.807) is 15.8 Å². The zero-order chi connectivity index (χ0) is 14.9. The zero-order valence-corrected chi connectivity index (χ0v) is 16.6. The van der Waals surface area contributed by atoms with E-state index in [1.165, 1.54) is 0 Å². The summed E-state index contributed by atoms with van der Waals surface area (Å²) in [5.41, 5.74) is 0. The summed E-state index contributed by atoms with van der Waals surface area (Å²) in [6, 6.07) is 0. The van der Waals surface area contributed by atoms with Crippen molar-refractivity contribution in [3.05, 3.63) is 0 Å². The lowest BCUT2D eigenvalue weighted by molar-refractivity contribution is 0.659. The Kier molecular flexibility index (Phi) is 13.9. The van der Waals surface area contributed by atoms with Crippen molar-refractivity contribution >= 4 is 60.6 Å². The first-order valence-corrected chi connectivity index (χ1v) is 10.6. The largest absolute Gasteiger partial charge is 0.266 e. The fourth-order valence-corrected chi connectivity index (χ4v) is 6.87. The highest BCUT2D eigenvalue weighted by Crippen LogP contribution is 2.29. The van der Waals surface area contributed by atoms with Crippen molar-refractivity contribution in [1.82, 2.24) is 0 Å². The molecule has 0 saturated carbocycles. The van der Waals surface area contributed by atoms with Gasteiger partial charge in [0.25, 0.3) is 17.4 Å². The summed E-state index contributed by atoms with van der Waals surface area (Å²) >= 11 is 18.9. The van der Waals surface area contributed by atoms with Gasteiger partial charge in [0.1, 0.15) is 0 Å². The van der Waals surface area contributed by atoms with Gasteiger partial charge in [0, 0.05) is 0 Å². The molecule has 5 heteroatoms. The molecule has 18 heavy (non-hydrogen) atoms. The molecular formula is C13H27AlCl4. The molecule has 110 valence electrons. The second-order valence-electron chi connectivity index (χ2n) is 6.18. The molecule has 0 aliphatic rings. The predicted molar refractivity (Wildman–Crippen MR) is 90.8 cm³/mol. The lowest BCUT2D eigenvalue weighted by Gasteiger charge is -2.17. The third-order valence-electron chi connectivity index (χ3n) is 2.41. The molecule has 0 N–H and O–H groups in total. The van der Waals surface area contributed by atoms with Crippen LogP contribution in [0.15, 0.2) is 0 Å². The maximum Gasteiger partial charge on any atom is 0.266 e. The number of halogens is 4. The second kappa shape index (κ2) is 11.4. The van der Waals surface area contributed by atoms with Crippen LogP contribution in [0.3, 0.4) is 0 Å². The highest BCUT2D eigenvalue weighted by Gasteiger charge is 2.20. The smallest absolute Gasteiger partial charge is 0.0915 e. The molecule has 0 bridgehead atoms. The molecule has 0 aromatic carbocycles. The summed E-state index contributed by atoms with van der Waals surface area (Å²) in [6.45, 7) is 14.3. The van der Waals surface area contributed by atoms with E-state index in [4.69, 9.17) is 46.4 Å². The molecular weight excluding hydrogens is 325 g/mol. The van der Waals surface area contributed by atoms with Crippen molar-refractivity contribution in [3.63, 3.8) is 0 Å². The summed E-state index contributed by atoms with van der Waals surface area (Å²) in [5, 5.41) is 4.66. The Hall–Kier alpha value is 1.69. The SMILES string of the molecule is CC(C)[CH2][Al]([CH2]C(C)C)[CH2]C(C)C.ClC(Cl)(Cl)Cl. The van der Waals surface area contributed by atoms with Gasteiger partial charge >= 0.3 is 0 Å². The van der Waals surface area contributed by atoms with Crippen LogP contribution in [0.4, 0.5) is 0 Å². The van der Waals surface area contributed by atoms with Gasteiger partial charge in [0.15, 0.2) is 0 Å². The summed E-state index contributed by atoms with van der Waals surface area (Å²) in [5.74, 6) is 2.78. The van der Waals surface area contributed by atoms with Crippen LogP contribution in [-0.4, -0.2) is 17.4 Å². The quantitative estimate of drug-likeness (QED) is 0.357. The standard InChI is InChI=1S/3C4H9.CCl4.Al/c3*1-4(2)3;2-1(3,4)5;/h3*4H,1H2,2-3H3;;. The van der Waals surface area contributed by atoms with E-state index in [0.29, 0.717) is 0 Å². The monoisotopic (exact) mass is 350 g/mol. The van der Waals surface area contributed by atoms with Gasteiger partial charge in [-0.15, -0.1) is 0 Å². The normalized spacial score (nSPS) is 11.8. The molecule has 0 fully saturated rings. The molecule has 0 heterocycles. The molecule has 0 amide bonds. The molecule has 0 saturated heterocycles. The van der Waals surface area contributed by atoms with E-state index in [1.807, 2.05) is 0 Å². The topological polar surface area (TPSA) is 0 Å². The minimum Gasteiger partial charge on any atom is -0.0915 e. The third kappa shape index (κ3) is 26.3. The van der Waals surface area contributed by atoms with Crippen LogP contribution in [0.1, 0.15) is 41.5 Å². The number of alkyl halides is 4. The summed E-state index contributed by atoms with van der Waals surface area (Å²) in [4.78, 5) is 0. The molecule has 0 radical (unpaired) electrons. The average Bonchev–Trinajstić information content (AvgIpc) is 1.94. The van der Waals surface area contributed by atoms with E-state index < -0.39 is 17.4 Å². The van der Waals surface area contributed by atoms with Gasteiger partial charge in [-0.25, -0.2) is 0 Å². The summed E-state index contributed by atoms with van der Waals surface area (Å²) in [6.07, 6.45) is 0. The third-order valence-corrected chi connectivity index (χ3v) is 7.24. The Morgan fingerprint density at radius 2 is 0.833 bits per heavy atom. The minimum absolute atomic E-state index is 0.407. The van der Waals surface area contributed by atoms with Gasteiger partial charge in [0.05, 0.1) is 0 Å². The van der Waals surface area contributed by atoms with Gasteiger partial charge in [-0.05, 0) is 0 Å². The van der Waals surface area contributed by atoms with Crippen LogP contribution in [0.5, 0.6) is 0 Å². The molecule has 0 aliphatic carbocycles. The molecule has 0 aliphatic heterocycles. The molecule has 0 rings (SSSR count). The van der Waals surface area contributed by atoms with Crippen molar-refractivity contribution < 1.29 is 0 Å². The summed E-state index contributed by atoms with van der Waals surface area (Å²) < 4.78 is -1.61. The van der Waals surface area contributed by atoms with Crippen molar-refractivity contribution in [2.75, 3.05) is 0 Å². The van der Waals surface area contributed by atoms with E-state index >= 15 is 0 Å². The van der Waals surface area contributed by atoms with E-state index in [9.17, 15) is 0 Å². The highest BCUT2D eigenvalue weighted by molar-refractivity contribution is 6.83. The summed E-state index contributed by atoms with van der Waals surface area (Å²) in [7, 11) is 0. The lowest BCUT2D eigenvalue weighted by Crippen LogP contribution is -2.19. The molecule has 0 aromatic heterocycles. The Bertz CT molecular complexity index is 158. The van der Waals surface area contributed by atoms with Gasteiger partial charge < -0.3 is 0 Å². The number of hydrogen-bond acceptors (Lipinski definition) is 0. The average molecular weight is 352 g/mol.